The number of aldehydes is 1. The summed E-state index contributed by atoms with van der Waals surface area (Å²) >= 11 is 0. The Morgan fingerprint density at radius 2 is 1.81 bits per heavy atom. The SMILES string of the molecule is Cc1ccc2c(C=O)c(-c3ccc(F)c(F)c3)[nH]c2c1C. The molecule has 3 rings (SSSR count). The van der Waals surface area contributed by atoms with Gasteiger partial charge in [0.25, 0.3) is 0 Å². The molecule has 0 spiro atoms. The van der Waals surface area contributed by atoms with Crippen molar-refractivity contribution in [3.05, 3.63) is 58.7 Å². The van der Waals surface area contributed by atoms with Gasteiger partial charge in [-0.2, -0.15) is 0 Å². The van der Waals surface area contributed by atoms with Crippen LogP contribution in [0.2, 0.25) is 0 Å². The van der Waals surface area contributed by atoms with E-state index in [0.29, 0.717) is 16.8 Å². The van der Waals surface area contributed by atoms with E-state index in [2.05, 4.69) is 4.98 Å². The van der Waals surface area contributed by atoms with Crippen LogP contribution in [0.25, 0.3) is 22.2 Å². The molecule has 0 radical (unpaired) electrons. The van der Waals surface area contributed by atoms with Crippen molar-refractivity contribution in [3.63, 3.8) is 0 Å². The highest BCUT2D eigenvalue weighted by molar-refractivity contribution is 6.05. The Morgan fingerprint density at radius 1 is 1.05 bits per heavy atom. The second-order valence-electron chi connectivity index (χ2n) is 5.09. The highest BCUT2D eigenvalue weighted by Gasteiger charge is 2.16. The predicted molar refractivity (Wildman–Crippen MR) is 78.5 cm³/mol. The molecule has 0 amide bonds. The van der Waals surface area contributed by atoms with E-state index in [1.54, 1.807) is 0 Å². The van der Waals surface area contributed by atoms with E-state index in [1.807, 2.05) is 26.0 Å². The van der Waals surface area contributed by atoms with Crippen molar-refractivity contribution < 1.29 is 13.6 Å². The molecule has 4 heteroatoms. The van der Waals surface area contributed by atoms with Crippen LogP contribution in [0.4, 0.5) is 8.78 Å². The van der Waals surface area contributed by atoms with Gasteiger partial charge in [-0.3, -0.25) is 4.79 Å². The monoisotopic (exact) mass is 285 g/mol. The Balaban J connectivity index is 2.34. The van der Waals surface area contributed by atoms with Crippen molar-refractivity contribution in [2.24, 2.45) is 0 Å². The molecule has 0 atom stereocenters. The summed E-state index contributed by atoms with van der Waals surface area (Å²) < 4.78 is 26.5. The molecule has 1 aromatic heterocycles. The smallest absolute Gasteiger partial charge is 0.159 e. The lowest BCUT2D eigenvalue weighted by Crippen LogP contribution is -1.88. The number of carbonyl (C=O) groups excluding carboxylic acids is 1. The largest absolute Gasteiger partial charge is 0.354 e. The number of fused-ring (bicyclic) bond motifs is 1. The quantitative estimate of drug-likeness (QED) is 0.689. The normalized spacial score (nSPS) is 11.0. The molecule has 0 unspecified atom stereocenters. The van der Waals surface area contributed by atoms with Crippen LogP contribution >= 0.6 is 0 Å². The minimum atomic E-state index is -0.934. The number of benzene rings is 2. The first-order valence-electron chi connectivity index (χ1n) is 6.55. The molecule has 0 fully saturated rings. The van der Waals surface area contributed by atoms with Crippen LogP contribution in [-0.4, -0.2) is 11.3 Å². The molecule has 0 saturated carbocycles. The van der Waals surface area contributed by atoms with E-state index < -0.39 is 11.6 Å². The van der Waals surface area contributed by atoms with Gasteiger partial charge >= 0.3 is 0 Å². The van der Waals surface area contributed by atoms with Gasteiger partial charge in [0.05, 0.1) is 5.69 Å². The number of H-pyrrole nitrogens is 1. The minimum Gasteiger partial charge on any atom is -0.354 e. The van der Waals surface area contributed by atoms with E-state index in [4.69, 9.17) is 0 Å². The van der Waals surface area contributed by atoms with E-state index >= 15 is 0 Å². The van der Waals surface area contributed by atoms with Crippen LogP contribution in [0.3, 0.4) is 0 Å². The number of carbonyl (C=O) groups is 1. The third kappa shape index (κ3) is 2.03. The molecule has 21 heavy (non-hydrogen) atoms. The Bertz CT molecular complexity index is 865. The number of hydrogen-bond donors (Lipinski definition) is 1. The van der Waals surface area contributed by atoms with Crippen LogP contribution < -0.4 is 0 Å². The molecule has 2 nitrogen and oxygen atoms in total. The molecule has 1 N–H and O–H groups in total. The maximum absolute atomic E-state index is 13.4. The molecule has 1 heterocycles. The third-order valence-electron chi connectivity index (χ3n) is 3.87. The summed E-state index contributed by atoms with van der Waals surface area (Å²) in [5.41, 5.74) is 4.38. The molecular formula is C17H13F2NO. The maximum Gasteiger partial charge on any atom is 0.159 e. The number of hydrogen-bond acceptors (Lipinski definition) is 1. The van der Waals surface area contributed by atoms with Crippen molar-refractivity contribution in [1.82, 2.24) is 4.98 Å². The van der Waals surface area contributed by atoms with Crippen LogP contribution in [0.1, 0.15) is 21.5 Å². The third-order valence-corrected chi connectivity index (χ3v) is 3.87. The Morgan fingerprint density at radius 3 is 2.48 bits per heavy atom. The van der Waals surface area contributed by atoms with Crippen LogP contribution in [0.5, 0.6) is 0 Å². The lowest BCUT2D eigenvalue weighted by atomic mass is 10.0. The summed E-state index contributed by atoms with van der Waals surface area (Å²) in [7, 11) is 0. The van der Waals surface area contributed by atoms with Gasteiger partial charge in [0.15, 0.2) is 17.9 Å². The highest BCUT2D eigenvalue weighted by Crippen LogP contribution is 2.32. The zero-order chi connectivity index (χ0) is 15.1. The molecule has 2 aromatic carbocycles. The van der Waals surface area contributed by atoms with E-state index in [0.717, 1.165) is 40.4 Å². The summed E-state index contributed by atoms with van der Waals surface area (Å²) in [5, 5.41) is 0.785. The van der Waals surface area contributed by atoms with Crippen LogP contribution in [0, 0.1) is 25.5 Å². The standard InChI is InChI=1S/C17H13F2NO/c1-9-3-5-12-13(8-21)17(20-16(12)10(9)2)11-4-6-14(18)15(19)7-11/h3-8,20H,1-2H3. The summed E-state index contributed by atoms with van der Waals surface area (Å²) in [5.74, 6) is -1.84. The predicted octanol–water partition coefficient (Wildman–Crippen LogP) is 4.54. The zero-order valence-electron chi connectivity index (χ0n) is 11.6. The molecule has 0 aliphatic heterocycles. The molecule has 0 bridgehead atoms. The molecule has 0 aliphatic carbocycles. The Labute approximate surface area is 120 Å². The van der Waals surface area contributed by atoms with Crippen molar-refractivity contribution >= 4 is 17.2 Å². The van der Waals surface area contributed by atoms with Gasteiger partial charge < -0.3 is 4.98 Å². The summed E-state index contributed by atoms with van der Waals surface area (Å²) in [6.45, 7) is 3.94. The molecule has 106 valence electrons. The van der Waals surface area contributed by atoms with E-state index in [9.17, 15) is 13.6 Å². The Kier molecular flexibility index (Phi) is 3.09. The van der Waals surface area contributed by atoms with Crippen LogP contribution in [-0.2, 0) is 0 Å². The van der Waals surface area contributed by atoms with Gasteiger partial charge in [-0.15, -0.1) is 0 Å². The zero-order valence-corrected chi connectivity index (χ0v) is 11.6. The average molecular weight is 285 g/mol. The van der Waals surface area contributed by atoms with Gasteiger partial charge in [-0.25, -0.2) is 8.78 Å². The number of halogens is 2. The summed E-state index contributed by atoms with van der Waals surface area (Å²) in [6, 6.07) is 7.41. The second-order valence-corrected chi connectivity index (χ2v) is 5.09. The van der Waals surface area contributed by atoms with Crippen LogP contribution in [0.15, 0.2) is 30.3 Å². The second kappa shape index (κ2) is 4.81. The number of aryl methyl sites for hydroxylation is 2. The van der Waals surface area contributed by atoms with Gasteiger partial charge in [0, 0.05) is 22.0 Å². The fraction of sp³-hybridized carbons (Fsp3) is 0.118. The molecule has 0 aliphatic rings. The lowest BCUT2D eigenvalue weighted by Gasteiger charge is -2.01. The fourth-order valence-corrected chi connectivity index (χ4v) is 2.53. The number of aromatic amines is 1. The van der Waals surface area contributed by atoms with Gasteiger partial charge in [0.2, 0.25) is 0 Å². The number of rotatable bonds is 2. The number of aromatic nitrogens is 1. The van der Waals surface area contributed by atoms with Gasteiger partial charge in [-0.05, 0) is 43.2 Å². The first-order chi connectivity index (χ1) is 10.0. The van der Waals surface area contributed by atoms with Gasteiger partial charge in [0.1, 0.15) is 0 Å². The topological polar surface area (TPSA) is 32.9 Å². The lowest BCUT2D eigenvalue weighted by molar-refractivity contribution is 0.112. The molecule has 3 aromatic rings. The van der Waals surface area contributed by atoms with Crippen molar-refractivity contribution in [2.45, 2.75) is 13.8 Å². The number of nitrogens with one attached hydrogen (secondary N) is 1. The summed E-state index contributed by atoms with van der Waals surface area (Å²) in [6.07, 6.45) is 0.740. The first-order valence-corrected chi connectivity index (χ1v) is 6.55. The van der Waals surface area contributed by atoms with Crippen molar-refractivity contribution in [2.75, 3.05) is 0 Å². The summed E-state index contributed by atoms with van der Waals surface area (Å²) in [4.78, 5) is 14.6. The minimum absolute atomic E-state index is 0.448. The Hall–Kier alpha value is -2.49. The van der Waals surface area contributed by atoms with Crippen molar-refractivity contribution in [1.29, 1.82) is 0 Å². The van der Waals surface area contributed by atoms with E-state index in [-0.39, 0.29) is 0 Å². The highest BCUT2D eigenvalue weighted by atomic mass is 19.2. The first kappa shape index (κ1) is 13.5. The average Bonchev–Trinajstić information content (AvgIpc) is 2.85. The van der Waals surface area contributed by atoms with Gasteiger partial charge in [-0.1, -0.05) is 12.1 Å². The maximum atomic E-state index is 13.4. The molecule has 0 saturated heterocycles. The molecular weight excluding hydrogens is 272 g/mol. The fourth-order valence-electron chi connectivity index (χ4n) is 2.53. The van der Waals surface area contributed by atoms with E-state index in [1.165, 1.54) is 6.07 Å². The van der Waals surface area contributed by atoms with Crippen molar-refractivity contribution in [3.8, 4) is 11.3 Å².